The molecule has 2 N–H and O–H groups in total. The van der Waals surface area contributed by atoms with Crippen LogP contribution in [0.5, 0.6) is 0 Å². The van der Waals surface area contributed by atoms with Crippen LogP contribution in [-0.4, -0.2) is 72.2 Å². The number of rotatable bonds is 5. The van der Waals surface area contributed by atoms with E-state index in [1.165, 1.54) is 0 Å². The summed E-state index contributed by atoms with van der Waals surface area (Å²) in [5, 5.41) is 12.8. The fourth-order valence-corrected chi connectivity index (χ4v) is 3.52. The third kappa shape index (κ3) is 4.66. The number of nitrogens with one attached hydrogen (secondary N) is 1. The third-order valence-corrected chi connectivity index (χ3v) is 5.21. The Kier molecular flexibility index (Phi) is 5.63. The molecule has 2 aliphatic rings. The molecule has 1 saturated carbocycles. The minimum absolute atomic E-state index is 0.136. The van der Waals surface area contributed by atoms with E-state index in [0.717, 1.165) is 58.4 Å². The second-order valence-electron chi connectivity index (χ2n) is 7.38. The van der Waals surface area contributed by atoms with E-state index in [2.05, 4.69) is 36.0 Å². The van der Waals surface area contributed by atoms with Crippen molar-refractivity contribution >= 4 is 5.97 Å². The average molecular weight is 297 g/mol. The number of aliphatic carboxylic acids is 1. The van der Waals surface area contributed by atoms with E-state index in [-0.39, 0.29) is 11.5 Å². The molecule has 0 aromatic heterocycles. The SMILES string of the molecule is CN1CCN(C(C)(C)CNC2CCCC(C(=O)O)C2)CC1. The lowest BCUT2D eigenvalue weighted by molar-refractivity contribution is -0.143. The molecule has 0 aromatic carbocycles. The van der Waals surface area contributed by atoms with Gasteiger partial charge in [0.25, 0.3) is 0 Å². The Balaban J connectivity index is 1.79. The maximum absolute atomic E-state index is 11.1. The summed E-state index contributed by atoms with van der Waals surface area (Å²) in [6.07, 6.45) is 3.77. The Labute approximate surface area is 128 Å². The highest BCUT2D eigenvalue weighted by molar-refractivity contribution is 5.70. The van der Waals surface area contributed by atoms with Gasteiger partial charge in [0.15, 0.2) is 0 Å². The van der Waals surface area contributed by atoms with Gasteiger partial charge < -0.3 is 15.3 Å². The molecule has 1 aliphatic heterocycles. The van der Waals surface area contributed by atoms with Gasteiger partial charge in [0.2, 0.25) is 0 Å². The van der Waals surface area contributed by atoms with Crippen LogP contribution in [0.4, 0.5) is 0 Å². The van der Waals surface area contributed by atoms with Crippen LogP contribution in [0.3, 0.4) is 0 Å². The molecule has 5 heteroatoms. The molecule has 122 valence electrons. The summed E-state index contributed by atoms with van der Waals surface area (Å²) in [6, 6.07) is 0.367. The molecule has 0 aromatic rings. The van der Waals surface area contributed by atoms with Gasteiger partial charge in [-0.15, -0.1) is 0 Å². The number of carbonyl (C=O) groups is 1. The maximum atomic E-state index is 11.1. The number of carboxylic acid groups (broad SMARTS) is 1. The van der Waals surface area contributed by atoms with Crippen LogP contribution in [0.25, 0.3) is 0 Å². The van der Waals surface area contributed by atoms with Crippen molar-refractivity contribution < 1.29 is 9.90 Å². The molecule has 1 aliphatic carbocycles. The van der Waals surface area contributed by atoms with Gasteiger partial charge in [-0.3, -0.25) is 9.69 Å². The van der Waals surface area contributed by atoms with Crippen LogP contribution >= 0.6 is 0 Å². The Morgan fingerprint density at radius 1 is 1.24 bits per heavy atom. The number of nitrogens with zero attached hydrogens (tertiary/aromatic N) is 2. The van der Waals surface area contributed by atoms with Gasteiger partial charge in [0.1, 0.15) is 0 Å². The van der Waals surface area contributed by atoms with Crippen molar-refractivity contribution in [2.45, 2.75) is 51.1 Å². The highest BCUT2D eigenvalue weighted by atomic mass is 16.4. The quantitative estimate of drug-likeness (QED) is 0.800. The standard InChI is InChI=1S/C16H31N3O2/c1-16(2,19-9-7-18(3)8-10-19)12-17-14-6-4-5-13(11-14)15(20)21/h13-14,17H,4-12H2,1-3H3,(H,20,21). The molecule has 2 rings (SSSR count). The molecular formula is C16H31N3O2. The van der Waals surface area contributed by atoms with Crippen molar-refractivity contribution in [1.82, 2.24) is 15.1 Å². The first-order valence-corrected chi connectivity index (χ1v) is 8.28. The van der Waals surface area contributed by atoms with Crippen LogP contribution in [-0.2, 0) is 4.79 Å². The topological polar surface area (TPSA) is 55.8 Å². The van der Waals surface area contributed by atoms with Crippen molar-refractivity contribution in [2.75, 3.05) is 39.8 Å². The first kappa shape index (κ1) is 16.7. The van der Waals surface area contributed by atoms with Gasteiger partial charge in [0, 0.05) is 44.3 Å². The smallest absolute Gasteiger partial charge is 0.306 e. The maximum Gasteiger partial charge on any atom is 0.306 e. The predicted octanol–water partition coefficient (Wildman–Crippen LogP) is 1.25. The summed E-state index contributed by atoms with van der Waals surface area (Å²) in [5.41, 5.74) is 0.136. The molecule has 2 atom stereocenters. The molecule has 21 heavy (non-hydrogen) atoms. The summed E-state index contributed by atoms with van der Waals surface area (Å²) < 4.78 is 0. The van der Waals surface area contributed by atoms with Crippen LogP contribution in [0.15, 0.2) is 0 Å². The summed E-state index contributed by atoms with van der Waals surface area (Å²) in [7, 11) is 2.18. The van der Waals surface area contributed by atoms with Crippen LogP contribution < -0.4 is 5.32 Å². The van der Waals surface area contributed by atoms with Gasteiger partial charge in [-0.1, -0.05) is 6.42 Å². The Bertz CT molecular complexity index is 351. The zero-order valence-electron chi connectivity index (χ0n) is 13.8. The van der Waals surface area contributed by atoms with Crippen molar-refractivity contribution in [3.63, 3.8) is 0 Å². The second-order valence-corrected chi connectivity index (χ2v) is 7.38. The van der Waals surface area contributed by atoms with Gasteiger partial charge in [-0.05, 0) is 40.2 Å². The molecule has 2 fully saturated rings. The summed E-state index contributed by atoms with van der Waals surface area (Å²) in [4.78, 5) is 16.1. The Morgan fingerprint density at radius 3 is 2.52 bits per heavy atom. The zero-order chi connectivity index (χ0) is 15.5. The molecule has 0 spiro atoms. The number of carboxylic acids is 1. The number of hydrogen-bond acceptors (Lipinski definition) is 4. The van der Waals surface area contributed by atoms with Gasteiger partial charge >= 0.3 is 5.97 Å². The van der Waals surface area contributed by atoms with E-state index in [0.29, 0.717) is 6.04 Å². The molecule has 2 unspecified atom stereocenters. The zero-order valence-corrected chi connectivity index (χ0v) is 13.8. The van der Waals surface area contributed by atoms with E-state index < -0.39 is 5.97 Å². The molecule has 0 radical (unpaired) electrons. The molecule has 0 amide bonds. The summed E-state index contributed by atoms with van der Waals surface area (Å²) in [6.45, 7) is 10.0. The number of likely N-dealkylation sites (N-methyl/N-ethyl adjacent to an activating group) is 1. The fourth-order valence-electron chi connectivity index (χ4n) is 3.52. The van der Waals surface area contributed by atoms with Gasteiger partial charge in [-0.25, -0.2) is 0 Å². The molecular weight excluding hydrogens is 266 g/mol. The highest BCUT2D eigenvalue weighted by Crippen LogP contribution is 2.25. The van der Waals surface area contributed by atoms with Crippen molar-refractivity contribution in [3.8, 4) is 0 Å². The van der Waals surface area contributed by atoms with E-state index in [1.54, 1.807) is 0 Å². The largest absolute Gasteiger partial charge is 0.481 e. The fraction of sp³-hybridized carbons (Fsp3) is 0.938. The lowest BCUT2D eigenvalue weighted by Gasteiger charge is -2.44. The van der Waals surface area contributed by atoms with Crippen molar-refractivity contribution in [1.29, 1.82) is 0 Å². The summed E-state index contributed by atoms with van der Waals surface area (Å²) >= 11 is 0. The molecule has 1 heterocycles. The van der Waals surface area contributed by atoms with Gasteiger partial charge in [0.05, 0.1) is 5.92 Å². The van der Waals surface area contributed by atoms with E-state index in [4.69, 9.17) is 0 Å². The Morgan fingerprint density at radius 2 is 1.90 bits per heavy atom. The van der Waals surface area contributed by atoms with E-state index in [1.807, 2.05) is 0 Å². The van der Waals surface area contributed by atoms with E-state index >= 15 is 0 Å². The first-order valence-electron chi connectivity index (χ1n) is 8.28. The normalized spacial score (nSPS) is 29.5. The van der Waals surface area contributed by atoms with Crippen molar-refractivity contribution in [3.05, 3.63) is 0 Å². The lowest BCUT2D eigenvalue weighted by Crippen LogP contribution is -2.58. The van der Waals surface area contributed by atoms with E-state index in [9.17, 15) is 9.90 Å². The monoisotopic (exact) mass is 297 g/mol. The first-order chi connectivity index (χ1) is 9.88. The summed E-state index contributed by atoms with van der Waals surface area (Å²) in [5.74, 6) is -0.775. The van der Waals surface area contributed by atoms with Crippen LogP contribution in [0.1, 0.15) is 39.5 Å². The van der Waals surface area contributed by atoms with Gasteiger partial charge in [-0.2, -0.15) is 0 Å². The number of piperazine rings is 1. The van der Waals surface area contributed by atoms with Crippen molar-refractivity contribution in [2.24, 2.45) is 5.92 Å². The average Bonchev–Trinajstić information content (AvgIpc) is 2.46. The minimum Gasteiger partial charge on any atom is -0.481 e. The second kappa shape index (κ2) is 7.07. The molecule has 0 bridgehead atoms. The van der Waals surface area contributed by atoms with Crippen LogP contribution in [0, 0.1) is 5.92 Å². The number of hydrogen-bond donors (Lipinski definition) is 2. The molecule has 1 saturated heterocycles. The highest BCUT2D eigenvalue weighted by Gasteiger charge is 2.31. The molecule has 5 nitrogen and oxygen atoms in total. The third-order valence-electron chi connectivity index (χ3n) is 5.21. The predicted molar refractivity (Wildman–Crippen MR) is 84.5 cm³/mol. The minimum atomic E-state index is -0.625. The lowest BCUT2D eigenvalue weighted by atomic mass is 9.85. The van der Waals surface area contributed by atoms with Crippen LogP contribution in [0.2, 0.25) is 0 Å². The Hall–Kier alpha value is -0.650.